The first-order chi connectivity index (χ1) is 8.27. The van der Waals surface area contributed by atoms with E-state index in [9.17, 15) is 0 Å². The first kappa shape index (κ1) is 11.1. The highest BCUT2D eigenvalue weighted by molar-refractivity contribution is 6.33. The quantitative estimate of drug-likeness (QED) is 0.890. The second kappa shape index (κ2) is 4.00. The minimum atomic E-state index is 0.0527. The Balaban J connectivity index is 2.20. The van der Waals surface area contributed by atoms with Crippen LogP contribution in [0, 0.1) is 0 Å². The molecule has 90 valence electrons. The lowest BCUT2D eigenvalue weighted by Gasteiger charge is -2.25. The van der Waals surface area contributed by atoms with Crippen LogP contribution < -0.4 is 5.73 Å². The van der Waals surface area contributed by atoms with Crippen molar-refractivity contribution < 1.29 is 0 Å². The van der Waals surface area contributed by atoms with Crippen molar-refractivity contribution >= 4 is 17.1 Å². The summed E-state index contributed by atoms with van der Waals surface area (Å²) >= 11 is 6.17. The summed E-state index contributed by atoms with van der Waals surface area (Å²) in [6.07, 6.45) is 8.64. The number of hydrogen-bond acceptors (Lipinski definition) is 2. The molecule has 0 saturated heterocycles. The number of pyridine rings is 1. The summed E-state index contributed by atoms with van der Waals surface area (Å²) in [5.41, 5.74) is 7.03. The van der Waals surface area contributed by atoms with Crippen molar-refractivity contribution in [1.29, 1.82) is 0 Å². The fourth-order valence-electron chi connectivity index (χ4n) is 2.95. The van der Waals surface area contributed by atoms with Gasteiger partial charge in [0, 0.05) is 18.2 Å². The molecule has 1 aliphatic carbocycles. The molecule has 0 spiro atoms. The van der Waals surface area contributed by atoms with Gasteiger partial charge in [-0.2, -0.15) is 0 Å². The minimum absolute atomic E-state index is 0.0527. The predicted molar refractivity (Wildman–Crippen MR) is 69.4 cm³/mol. The van der Waals surface area contributed by atoms with Gasteiger partial charge in [-0.05, 0) is 25.0 Å². The number of fused-ring (bicyclic) bond motifs is 1. The molecule has 0 amide bonds. The van der Waals surface area contributed by atoms with E-state index in [2.05, 4.69) is 9.38 Å². The third-order valence-corrected chi connectivity index (χ3v) is 4.26. The molecule has 2 aromatic heterocycles. The molecule has 1 fully saturated rings. The van der Waals surface area contributed by atoms with Crippen molar-refractivity contribution in [2.75, 3.05) is 6.54 Å². The first-order valence-corrected chi connectivity index (χ1v) is 6.47. The van der Waals surface area contributed by atoms with Gasteiger partial charge < -0.3 is 10.1 Å². The molecule has 3 nitrogen and oxygen atoms in total. The summed E-state index contributed by atoms with van der Waals surface area (Å²) in [6, 6.07) is 3.85. The number of aromatic nitrogens is 2. The standard InChI is InChI=1S/C13H16ClN3/c14-10-4-3-7-17-11(10)8-16-12(17)13(9-15)5-1-2-6-13/h3-4,7-8H,1-2,5-6,9,15H2. The van der Waals surface area contributed by atoms with Crippen LogP contribution in [0.4, 0.5) is 0 Å². The number of hydrogen-bond donors (Lipinski definition) is 1. The van der Waals surface area contributed by atoms with Crippen LogP contribution in [0.25, 0.3) is 5.52 Å². The SMILES string of the molecule is NCC1(c2ncc3c(Cl)cccn23)CCCC1. The monoisotopic (exact) mass is 249 g/mol. The molecule has 1 saturated carbocycles. The van der Waals surface area contributed by atoms with E-state index in [1.54, 1.807) is 0 Å². The number of nitrogens with two attached hydrogens (primary N) is 1. The van der Waals surface area contributed by atoms with Gasteiger partial charge in [-0.1, -0.05) is 24.4 Å². The minimum Gasteiger partial charge on any atom is -0.329 e. The van der Waals surface area contributed by atoms with E-state index in [1.807, 2.05) is 24.5 Å². The second-order valence-corrected chi connectivity index (χ2v) is 5.29. The molecular formula is C13H16ClN3. The number of rotatable bonds is 2. The molecule has 17 heavy (non-hydrogen) atoms. The average molecular weight is 250 g/mol. The molecule has 3 rings (SSSR count). The van der Waals surface area contributed by atoms with E-state index in [0.717, 1.165) is 29.2 Å². The number of halogens is 1. The number of nitrogens with zero attached hydrogens (tertiary/aromatic N) is 2. The average Bonchev–Trinajstić information content (AvgIpc) is 2.96. The Morgan fingerprint density at radius 3 is 2.88 bits per heavy atom. The molecule has 0 radical (unpaired) electrons. The van der Waals surface area contributed by atoms with E-state index < -0.39 is 0 Å². The van der Waals surface area contributed by atoms with Crippen molar-refractivity contribution in [2.24, 2.45) is 5.73 Å². The highest BCUT2D eigenvalue weighted by Gasteiger charge is 2.37. The Kier molecular flexibility index (Phi) is 2.60. The van der Waals surface area contributed by atoms with Gasteiger partial charge >= 0.3 is 0 Å². The fraction of sp³-hybridized carbons (Fsp3) is 0.462. The van der Waals surface area contributed by atoms with Crippen LogP contribution in [0.3, 0.4) is 0 Å². The molecule has 0 aliphatic heterocycles. The van der Waals surface area contributed by atoms with Gasteiger partial charge in [0.05, 0.1) is 16.7 Å². The third kappa shape index (κ3) is 1.57. The van der Waals surface area contributed by atoms with Crippen LogP contribution in [0.2, 0.25) is 5.02 Å². The van der Waals surface area contributed by atoms with Gasteiger partial charge in [0.25, 0.3) is 0 Å². The van der Waals surface area contributed by atoms with Crippen LogP contribution in [-0.2, 0) is 5.41 Å². The molecule has 0 bridgehead atoms. The Hall–Kier alpha value is -1.06. The summed E-state index contributed by atoms with van der Waals surface area (Å²) in [5.74, 6) is 1.08. The van der Waals surface area contributed by atoms with Crippen LogP contribution in [0.15, 0.2) is 24.5 Å². The maximum atomic E-state index is 6.17. The Bertz CT molecular complexity index is 541. The lowest BCUT2D eigenvalue weighted by molar-refractivity contribution is 0.423. The zero-order chi connectivity index (χ0) is 11.9. The van der Waals surface area contributed by atoms with Crippen molar-refractivity contribution in [3.63, 3.8) is 0 Å². The lowest BCUT2D eigenvalue weighted by atomic mass is 9.85. The maximum absolute atomic E-state index is 6.17. The van der Waals surface area contributed by atoms with Gasteiger partial charge in [-0.3, -0.25) is 0 Å². The van der Waals surface area contributed by atoms with Gasteiger partial charge in [0.2, 0.25) is 0 Å². The number of imidazole rings is 1. The highest BCUT2D eigenvalue weighted by atomic mass is 35.5. The topological polar surface area (TPSA) is 43.3 Å². The Morgan fingerprint density at radius 1 is 1.41 bits per heavy atom. The van der Waals surface area contributed by atoms with Crippen LogP contribution in [-0.4, -0.2) is 15.9 Å². The van der Waals surface area contributed by atoms with Gasteiger partial charge in [-0.15, -0.1) is 0 Å². The molecular weight excluding hydrogens is 234 g/mol. The van der Waals surface area contributed by atoms with Crippen LogP contribution in [0.1, 0.15) is 31.5 Å². The van der Waals surface area contributed by atoms with Crippen molar-refractivity contribution in [3.8, 4) is 0 Å². The van der Waals surface area contributed by atoms with Crippen LogP contribution in [0.5, 0.6) is 0 Å². The zero-order valence-corrected chi connectivity index (χ0v) is 10.5. The largest absolute Gasteiger partial charge is 0.329 e. The van der Waals surface area contributed by atoms with Crippen LogP contribution >= 0.6 is 11.6 Å². The van der Waals surface area contributed by atoms with E-state index in [4.69, 9.17) is 17.3 Å². The summed E-state index contributed by atoms with van der Waals surface area (Å²) < 4.78 is 2.10. The van der Waals surface area contributed by atoms with Gasteiger partial charge in [-0.25, -0.2) is 4.98 Å². The predicted octanol–water partition coefficient (Wildman–Crippen LogP) is 2.76. The van der Waals surface area contributed by atoms with E-state index in [0.29, 0.717) is 6.54 Å². The normalized spacial score (nSPS) is 18.9. The smallest absolute Gasteiger partial charge is 0.120 e. The summed E-state index contributed by atoms with van der Waals surface area (Å²) in [5, 5.41) is 0.747. The molecule has 1 aliphatic rings. The van der Waals surface area contributed by atoms with E-state index in [-0.39, 0.29) is 5.41 Å². The molecule has 2 aromatic rings. The molecule has 0 unspecified atom stereocenters. The molecule has 2 N–H and O–H groups in total. The fourth-order valence-corrected chi connectivity index (χ4v) is 3.16. The second-order valence-electron chi connectivity index (χ2n) is 4.88. The molecule has 0 atom stereocenters. The first-order valence-electron chi connectivity index (χ1n) is 6.09. The maximum Gasteiger partial charge on any atom is 0.120 e. The zero-order valence-electron chi connectivity index (χ0n) is 9.69. The summed E-state index contributed by atoms with van der Waals surface area (Å²) in [7, 11) is 0. The van der Waals surface area contributed by atoms with Gasteiger partial charge in [0.15, 0.2) is 0 Å². The van der Waals surface area contributed by atoms with Crippen molar-refractivity contribution in [2.45, 2.75) is 31.1 Å². The molecule has 2 heterocycles. The third-order valence-electron chi connectivity index (χ3n) is 3.94. The lowest BCUT2D eigenvalue weighted by Crippen LogP contribution is -2.34. The molecule has 0 aromatic carbocycles. The van der Waals surface area contributed by atoms with E-state index >= 15 is 0 Å². The molecule has 4 heteroatoms. The van der Waals surface area contributed by atoms with Gasteiger partial charge in [0.1, 0.15) is 5.82 Å². The summed E-state index contributed by atoms with van der Waals surface area (Å²) in [6.45, 7) is 0.665. The van der Waals surface area contributed by atoms with Crippen molar-refractivity contribution in [3.05, 3.63) is 35.4 Å². The summed E-state index contributed by atoms with van der Waals surface area (Å²) in [4.78, 5) is 4.58. The Morgan fingerprint density at radius 2 is 2.18 bits per heavy atom. The highest BCUT2D eigenvalue weighted by Crippen LogP contribution is 2.40. The Labute approximate surface area is 106 Å². The van der Waals surface area contributed by atoms with Crippen molar-refractivity contribution in [1.82, 2.24) is 9.38 Å². The van der Waals surface area contributed by atoms with E-state index in [1.165, 1.54) is 12.8 Å².